The Morgan fingerprint density at radius 2 is 2.33 bits per heavy atom. The number of hydrogen-bond acceptors (Lipinski definition) is 3. The Labute approximate surface area is 91.5 Å². The fourth-order valence-electron chi connectivity index (χ4n) is 1.57. The molecule has 0 aliphatic heterocycles. The van der Waals surface area contributed by atoms with Crippen LogP contribution in [0.2, 0.25) is 0 Å². The first-order valence-electron chi connectivity index (χ1n) is 5.55. The third-order valence-electron chi connectivity index (χ3n) is 2.32. The Kier molecular flexibility index (Phi) is 5.29. The van der Waals surface area contributed by atoms with Gasteiger partial charge < -0.3 is 10.4 Å². The fraction of sp³-hybridized carbons (Fsp3) is 0.583. The van der Waals surface area contributed by atoms with Crippen LogP contribution in [0.1, 0.15) is 38.3 Å². The second kappa shape index (κ2) is 6.53. The SMILES string of the molecule is CCCC(NC[C@H](C)O)c1cccnc1. The normalized spacial score (nSPS) is 14.9. The first-order chi connectivity index (χ1) is 7.24. The van der Waals surface area contributed by atoms with Crippen LogP contribution < -0.4 is 5.32 Å². The van der Waals surface area contributed by atoms with Gasteiger partial charge in [-0.05, 0) is 25.0 Å². The zero-order valence-electron chi connectivity index (χ0n) is 9.48. The summed E-state index contributed by atoms with van der Waals surface area (Å²) >= 11 is 0. The monoisotopic (exact) mass is 208 g/mol. The predicted molar refractivity (Wildman–Crippen MR) is 61.6 cm³/mol. The fourth-order valence-corrected chi connectivity index (χ4v) is 1.57. The van der Waals surface area contributed by atoms with E-state index in [0.29, 0.717) is 12.6 Å². The van der Waals surface area contributed by atoms with Crippen LogP contribution in [0.4, 0.5) is 0 Å². The number of aliphatic hydroxyl groups is 1. The van der Waals surface area contributed by atoms with Crippen molar-refractivity contribution in [2.24, 2.45) is 0 Å². The van der Waals surface area contributed by atoms with Crippen molar-refractivity contribution in [2.45, 2.75) is 38.8 Å². The smallest absolute Gasteiger partial charge is 0.0636 e. The third kappa shape index (κ3) is 4.40. The van der Waals surface area contributed by atoms with E-state index in [1.165, 1.54) is 5.56 Å². The van der Waals surface area contributed by atoms with E-state index in [2.05, 4.69) is 23.3 Å². The highest BCUT2D eigenvalue weighted by Gasteiger charge is 2.10. The Morgan fingerprint density at radius 3 is 2.87 bits per heavy atom. The van der Waals surface area contributed by atoms with Crippen molar-refractivity contribution in [3.63, 3.8) is 0 Å². The minimum Gasteiger partial charge on any atom is -0.392 e. The maximum Gasteiger partial charge on any atom is 0.0636 e. The Hall–Kier alpha value is -0.930. The molecule has 0 bridgehead atoms. The molecule has 0 saturated heterocycles. The molecule has 84 valence electrons. The first kappa shape index (κ1) is 12.1. The van der Waals surface area contributed by atoms with E-state index in [0.717, 1.165) is 12.8 Å². The molecule has 0 amide bonds. The lowest BCUT2D eigenvalue weighted by molar-refractivity contribution is 0.185. The zero-order valence-corrected chi connectivity index (χ0v) is 9.48. The molecule has 3 nitrogen and oxygen atoms in total. The van der Waals surface area contributed by atoms with E-state index < -0.39 is 0 Å². The van der Waals surface area contributed by atoms with E-state index in [1.807, 2.05) is 12.3 Å². The maximum atomic E-state index is 9.24. The van der Waals surface area contributed by atoms with Gasteiger partial charge in [-0.2, -0.15) is 0 Å². The van der Waals surface area contributed by atoms with Crippen LogP contribution in [0.5, 0.6) is 0 Å². The van der Waals surface area contributed by atoms with Gasteiger partial charge in [0.1, 0.15) is 0 Å². The van der Waals surface area contributed by atoms with Crippen LogP contribution in [0.25, 0.3) is 0 Å². The Bertz CT molecular complexity index is 262. The van der Waals surface area contributed by atoms with E-state index in [4.69, 9.17) is 0 Å². The summed E-state index contributed by atoms with van der Waals surface area (Å²) in [6.45, 7) is 4.58. The number of aliphatic hydroxyl groups excluding tert-OH is 1. The summed E-state index contributed by atoms with van der Waals surface area (Å²) in [5.74, 6) is 0. The number of nitrogens with zero attached hydrogens (tertiary/aromatic N) is 1. The number of rotatable bonds is 6. The molecule has 15 heavy (non-hydrogen) atoms. The molecule has 0 spiro atoms. The second-order valence-corrected chi connectivity index (χ2v) is 3.88. The molecule has 0 saturated carbocycles. The lowest BCUT2D eigenvalue weighted by atomic mass is 10.0. The van der Waals surface area contributed by atoms with Gasteiger partial charge in [0.25, 0.3) is 0 Å². The Morgan fingerprint density at radius 1 is 1.53 bits per heavy atom. The highest BCUT2D eigenvalue weighted by atomic mass is 16.3. The summed E-state index contributed by atoms with van der Waals surface area (Å²) in [7, 11) is 0. The van der Waals surface area contributed by atoms with Crippen LogP contribution in [0.15, 0.2) is 24.5 Å². The number of hydrogen-bond donors (Lipinski definition) is 2. The van der Waals surface area contributed by atoms with Gasteiger partial charge in [0.05, 0.1) is 6.10 Å². The van der Waals surface area contributed by atoms with Crippen molar-refractivity contribution < 1.29 is 5.11 Å². The Balaban J connectivity index is 2.57. The lowest BCUT2D eigenvalue weighted by Gasteiger charge is -2.19. The molecule has 1 heterocycles. The van der Waals surface area contributed by atoms with E-state index in [1.54, 1.807) is 13.1 Å². The van der Waals surface area contributed by atoms with Gasteiger partial charge in [-0.1, -0.05) is 19.4 Å². The van der Waals surface area contributed by atoms with Crippen molar-refractivity contribution in [3.8, 4) is 0 Å². The van der Waals surface area contributed by atoms with Crippen LogP contribution in [0.3, 0.4) is 0 Å². The van der Waals surface area contributed by atoms with E-state index in [9.17, 15) is 5.11 Å². The third-order valence-corrected chi connectivity index (χ3v) is 2.32. The standard InChI is InChI=1S/C12H20N2O/c1-3-5-12(14-8-10(2)15)11-6-4-7-13-9-11/h4,6-7,9-10,12,14-15H,3,5,8H2,1-2H3/t10-,12?/m0/s1. The average Bonchev–Trinajstić information content (AvgIpc) is 2.25. The summed E-state index contributed by atoms with van der Waals surface area (Å²) in [4.78, 5) is 4.11. The zero-order chi connectivity index (χ0) is 11.1. The quantitative estimate of drug-likeness (QED) is 0.750. The molecule has 0 aliphatic carbocycles. The van der Waals surface area contributed by atoms with Gasteiger partial charge in [-0.15, -0.1) is 0 Å². The van der Waals surface area contributed by atoms with Crippen LogP contribution in [-0.2, 0) is 0 Å². The van der Waals surface area contributed by atoms with E-state index >= 15 is 0 Å². The molecule has 1 rings (SSSR count). The van der Waals surface area contributed by atoms with Crippen molar-refractivity contribution in [1.29, 1.82) is 0 Å². The van der Waals surface area contributed by atoms with Gasteiger partial charge in [-0.3, -0.25) is 4.98 Å². The molecule has 2 N–H and O–H groups in total. The van der Waals surface area contributed by atoms with Crippen LogP contribution in [0, 0.1) is 0 Å². The summed E-state index contributed by atoms with van der Waals surface area (Å²) in [6, 6.07) is 4.32. The predicted octanol–water partition coefficient (Wildman–Crippen LogP) is 1.89. The maximum absolute atomic E-state index is 9.24. The molecule has 0 radical (unpaired) electrons. The van der Waals surface area contributed by atoms with Gasteiger partial charge in [-0.25, -0.2) is 0 Å². The summed E-state index contributed by atoms with van der Waals surface area (Å²) in [5.41, 5.74) is 1.19. The molecular weight excluding hydrogens is 188 g/mol. The van der Waals surface area contributed by atoms with Gasteiger partial charge in [0.15, 0.2) is 0 Å². The van der Waals surface area contributed by atoms with Crippen molar-refractivity contribution >= 4 is 0 Å². The highest BCUT2D eigenvalue weighted by molar-refractivity contribution is 5.13. The van der Waals surface area contributed by atoms with Crippen molar-refractivity contribution in [1.82, 2.24) is 10.3 Å². The summed E-state index contributed by atoms with van der Waals surface area (Å²) in [5, 5.41) is 12.6. The topological polar surface area (TPSA) is 45.1 Å². The first-order valence-corrected chi connectivity index (χ1v) is 5.55. The molecule has 0 aromatic carbocycles. The van der Waals surface area contributed by atoms with Crippen LogP contribution in [-0.4, -0.2) is 22.7 Å². The molecule has 1 aromatic heterocycles. The van der Waals surface area contributed by atoms with Crippen molar-refractivity contribution in [3.05, 3.63) is 30.1 Å². The molecule has 1 aromatic rings. The molecule has 2 atom stereocenters. The average molecular weight is 208 g/mol. The minimum atomic E-state index is -0.305. The molecular formula is C12H20N2O. The highest BCUT2D eigenvalue weighted by Crippen LogP contribution is 2.16. The number of nitrogens with one attached hydrogen (secondary N) is 1. The minimum absolute atomic E-state index is 0.304. The van der Waals surface area contributed by atoms with Crippen LogP contribution >= 0.6 is 0 Å². The molecule has 1 unspecified atom stereocenters. The molecule has 0 aliphatic rings. The largest absolute Gasteiger partial charge is 0.392 e. The van der Waals surface area contributed by atoms with Crippen molar-refractivity contribution in [2.75, 3.05) is 6.54 Å². The lowest BCUT2D eigenvalue weighted by Crippen LogP contribution is -2.28. The number of pyridine rings is 1. The van der Waals surface area contributed by atoms with E-state index in [-0.39, 0.29) is 6.10 Å². The van der Waals surface area contributed by atoms with Gasteiger partial charge in [0.2, 0.25) is 0 Å². The molecule has 0 fully saturated rings. The number of aromatic nitrogens is 1. The summed E-state index contributed by atoms with van der Waals surface area (Å²) < 4.78 is 0. The summed E-state index contributed by atoms with van der Waals surface area (Å²) in [6.07, 6.45) is 5.54. The molecule has 3 heteroatoms. The van der Waals surface area contributed by atoms with Gasteiger partial charge >= 0.3 is 0 Å². The van der Waals surface area contributed by atoms with Gasteiger partial charge in [0, 0.05) is 25.0 Å². The second-order valence-electron chi connectivity index (χ2n) is 3.88.